The van der Waals surface area contributed by atoms with Gasteiger partial charge in [0, 0.05) is 0 Å². The highest BCUT2D eigenvalue weighted by Gasteiger charge is 2.20. The summed E-state index contributed by atoms with van der Waals surface area (Å²) in [5, 5.41) is 10.2. The van der Waals surface area contributed by atoms with E-state index in [1.165, 1.54) is 77.0 Å². The second kappa shape index (κ2) is 15.7. The fourth-order valence-corrected chi connectivity index (χ4v) is 2.60. The van der Waals surface area contributed by atoms with Crippen LogP contribution in [0, 0.1) is 29.1 Å². The van der Waals surface area contributed by atoms with Crippen LogP contribution in [-0.4, -0.2) is 6.54 Å². The SMILES string of the molecule is CCCCCCCCCCCCCC[NH3+].[O-]c1c(F)c(F)c(F)c(F)c1F. The predicted octanol–water partition coefficient (Wildman–Crippen LogP) is 5.39. The molecule has 27 heavy (non-hydrogen) atoms. The van der Waals surface area contributed by atoms with Crippen molar-refractivity contribution in [2.45, 2.75) is 84.0 Å². The van der Waals surface area contributed by atoms with E-state index in [0.29, 0.717) is 0 Å². The summed E-state index contributed by atoms with van der Waals surface area (Å²) in [6.07, 6.45) is 17.2. The van der Waals surface area contributed by atoms with Gasteiger partial charge in [-0.3, -0.25) is 0 Å². The molecule has 158 valence electrons. The normalized spacial score (nSPS) is 10.6. The van der Waals surface area contributed by atoms with Crippen LogP contribution in [0.4, 0.5) is 22.0 Å². The van der Waals surface area contributed by atoms with Gasteiger partial charge >= 0.3 is 0 Å². The van der Waals surface area contributed by atoms with E-state index in [-0.39, 0.29) is 0 Å². The molecule has 1 aromatic carbocycles. The average Bonchev–Trinajstić information content (AvgIpc) is 2.68. The van der Waals surface area contributed by atoms with Gasteiger partial charge in [-0.1, -0.05) is 71.1 Å². The van der Waals surface area contributed by atoms with Gasteiger partial charge in [0.2, 0.25) is 0 Å². The molecule has 1 aromatic rings. The number of benzene rings is 1. The van der Waals surface area contributed by atoms with Gasteiger partial charge in [0.05, 0.1) is 6.54 Å². The molecule has 3 N–H and O–H groups in total. The smallest absolute Gasteiger partial charge is 0.200 e. The summed E-state index contributed by atoms with van der Waals surface area (Å²) in [5.41, 5.74) is 3.87. The highest BCUT2D eigenvalue weighted by Crippen LogP contribution is 2.25. The van der Waals surface area contributed by atoms with Gasteiger partial charge in [-0.25, -0.2) is 22.0 Å². The molecule has 0 heterocycles. The Morgan fingerprint density at radius 3 is 1.19 bits per heavy atom. The van der Waals surface area contributed by atoms with Crippen molar-refractivity contribution in [2.24, 2.45) is 0 Å². The Hall–Kier alpha value is -1.37. The lowest BCUT2D eigenvalue weighted by molar-refractivity contribution is -0.368. The minimum absolute atomic E-state index is 1.12. The predicted molar refractivity (Wildman–Crippen MR) is 94.5 cm³/mol. The van der Waals surface area contributed by atoms with Gasteiger partial charge in [-0.05, 0) is 18.6 Å². The summed E-state index contributed by atoms with van der Waals surface area (Å²) in [4.78, 5) is 0. The van der Waals surface area contributed by atoms with Crippen molar-refractivity contribution in [2.75, 3.05) is 6.54 Å². The first kappa shape index (κ1) is 25.6. The molecular formula is C20H32F5NO. The molecule has 0 aliphatic carbocycles. The van der Waals surface area contributed by atoms with E-state index in [2.05, 4.69) is 12.7 Å². The minimum atomic E-state index is -2.33. The highest BCUT2D eigenvalue weighted by molar-refractivity contribution is 5.26. The van der Waals surface area contributed by atoms with Crippen LogP contribution in [0.3, 0.4) is 0 Å². The fraction of sp³-hybridized carbons (Fsp3) is 0.700. The van der Waals surface area contributed by atoms with Crippen LogP contribution < -0.4 is 10.8 Å². The minimum Gasteiger partial charge on any atom is -0.868 e. The molecule has 0 aliphatic rings. The van der Waals surface area contributed by atoms with Crippen molar-refractivity contribution in [1.29, 1.82) is 0 Å². The Morgan fingerprint density at radius 1 is 0.556 bits per heavy atom. The van der Waals surface area contributed by atoms with Gasteiger partial charge in [-0.15, -0.1) is 0 Å². The largest absolute Gasteiger partial charge is 0.868 e. The summed E-state index contributed by atoms with van der Waals surface area (Å²) < 4.78 is 60.4. The zero-order valence-electron chi connectivity index (χ0n) is 16.2. The Labute approximate surface area is 159 Å². The van der Waals surface area contributed by atoms with Crippen LogP contribution >= 0.6 is 0 Å². The van der Waals surface area contributed by atoms with Crippen molar-refractivity contribution in [3.63, 3.8) is 0 Å². The molecule has 0 aliphatic heterocycles. The van der Waals surface area contributed by atoms with Gasteiger partial charge in [-0.2, -0.15) is 0 Å². The van der Waals surface area contributed by atoms with Gasteiger partial charge in [0.15, 0.2) is 29.1 Å². The zero-order valence-corrected chi connectivity index (χ0v) is 16.2. The van der Waals surface area contributed by atoms with Crippen molar-refractivity contribution < 1.29 is 32.8 Å². The Morgan fingerprint density at radius 2 is 0.852 bits per heavy atom. The molecule has 0 saturated carbocycles. The average molecular weight is 397 g/mol. The summed E-state index contributed by atoms with van der Waals surface area (Å²) in [7, 11) is 0. The number of hydrogen-bond donors (Lipinski definition) is 1. The molecule has 0 fully saturated rings. The zero-order chi connectivity index (χ0) is 20.7. The molecule has 0 unspecified atom stereocenters. The standard InChI is InChI=1S/C14H31N.C6HF5O/c1-2-3-4-5-6-7-8-9-10-11-12-13-14-15;7-1-2(8)4(10)6(12)5(11)3(1)9/h2-15H2,1H3;12H. The molecule has 0 aromatic heterocycles. The van der Waals surface area contributed by atoms with E-state index in [9.17, 15) is 27.1 Å². The van der Waals surface area contributed by atoms with E-state index in [0.717, 1.165) is 6.54 Å². The van der Waals surface area contributed by atoms with Crippen LogP contribution in [0.5, 0.6) is 5.75 Å². The molecule has 1 rings (SSSR count). The van der Waals surface area contributed by atoms with Crippen molar-refractivity contribution in [3.8, 4) is 5.75 Å². The first-order valence-corrected chi connectivity index (χ1v) is 9.86. The maximum Gasteiger partial charge on any atom is 0.200 e. The molecule has 0 saturated heterocycles. The highest BCUT2D eigenvalue weighted by atomic mass is 19.2. The van der Waals surface area contributed by atoms with Gasteiger partial charge in [0.1, 0.15) is 0 Å². The second-order valence-electron chi connectivity index (χ2n) is 6.64. The topological polar surface area (TPSA) is 50.7 Å². The first-order chi connectivity index (χ1) is 12.9. The molecular weight excluding hydrogens is 365 g/mol. The van der Waals surface area contributed by atoms with Crippen molar-refractivity contribution >= 4 is 0 Å². The van der Waals surface area contributed by atoms with E-state index in [1.54, 1.807) is 0 Å². The summed E-state index contributed by atoms with van der Waals surface area (Å²) >= 11 is 0. The number of halogens is 5. The number of hydrogen-bond acceptors (Lipinski definition) is 1. The summed E-state index contributed by atoms with van der Waals surface area (Å²) in [6.45, 7) is 3.41. The lowest BCUT2D eigenvalue weighted by atomic mass is 10.1. The Balaban J connectivity index is 0.000000511. The van der Waals surface area contributed by atoms with E-state index in [1.807, 2.05) is 0 Å². The molecule has 0 bridgehead atoms. The Bertz CT molecular complexity index is 409. The molecule has 0 spiro atoms. The molecule has 0 radical (unpaired) electrons. The fourth-order valence-electron chi connectivity index (χ4n) is 2.60. The maximum absolute atomic E-state index is 12.1. The quantitative estimate of drug-likeness (QED) is 0.219. The number of quaternary nitrogens is 1. The van der Waals surface area contributed by atoms with E-state index in [4.69, 9.17) is 0 Å². The van der Waals surface area contributed by atoms with Crippen LogP contribution in [0.15, 0.2) is 0 Å². The van der Waals surface area contributed by atoms with Gasteiger partial charge < -0.3 is 10.8 Å². The lowest BCUT2D eigenvalue weighted by Crippen LogP contribution is -2.50. The third kappa shape index (κ3) is 10.5. The molecule has 2 nitrogen and oxygen atoms in total. The summed E-state index contributed by atoms with van der Waals surface area (Å²) in [6, 6.07) is 0. The third-order valence-electron chi connectivity index (χ3n) is 4.27. The number of rotatable bonds is 12. The van der Waals surface area contributed by atoms with Crippen LogP contribution in [0.25, 0.3) is 0 Å². The monoisotopic (exact) mass is 397 g/mol. The van der Waals surface area contributed by atoms with E-state index >= 15 is 0 Å². The summed E-state index contributed by atoms with van der Waals surface area (Å²) in [5.74, 6) is -13.6. The molecule has 7 heteroatoms. The molecule has 0 amide bonds. The Kier molecular flexibility index (Phi) is 14.9. The van der Waals surface area contributed by atoms with Crippen LogP contribution in [-0.2, 0) is 0 Å². The van der Waals surface area contributed by atoms with Crippen LogP contribution in [0.2, 0.25) is 0 Å². The van der Waals surface area contributed by atoms with Gasteiger partial charge in [0.25, 0.3) is 0 Å². The first-order valence-electron chi connectivity index (χ1n) is 9.86. The van der Waals surface area contributed by atoms with Crippen molar-refractivity contribution in [3.05, 3.63) is 29.1 Å². The maximum atomic E-state index is 12.1. The van der Waals surface area contributed by atoms with Crippen molar-refractivity contribution in [1.82, 2.24) is 0 Å². The molecule has 0 atom stereocenters. The van der Waals surface area contributed by atoms with Crippen LogP contribution in [0.1, 0.15) is 84.0 Å². The number of unbranched alkanes of at least 4 members (excludes halogenated alkanes) is 11. The second-order valence-corrected chi connectivity index (χ2v) is 6.64. The van der Waals surface area contributed by atoms with E-state index < -0.39 is 34.8 Å². The lowest BCUT2D eigenvalue weighted by Gasteiger charge is -2.09. The third-order valence-corrected chi connectivity index (χ3v) is 4.27.